The van der Waals surface area contributed by atoms with Crippen LogP contribution in [0.15, 0.2) is 0 Å². The molecule has 25 heavy (non-hydrogen) atoms. The van der Waals surface area contributed by atoms with Crippen LogP contribution in [0.4, 0.5) is 8.78 Å². The molecule has 0 amide bonds. The number of carbonyl (C=O) groups excluding carboxylic acids is 1. The topological polar surface area (TPSA) is 26.3 Å². The summed E-state index contributed by atoms with van der Waals surface area (Å²) in [5, 5.41) is 0. The highest BCUT2D eigenvalue weighted by Crippen LogP contribution is 2.67. The molecule has 0 aromatic carbocycles. The average molecular weight is 354 g/mol. The first kappa shape index (κ1) is 17.7. The fraction of sp³-hybridized carbons (Fsp3) is 0.952. The minimum absolute atomic E-state index is 0.0529. The van der Waals surface area contributed by atoms with Crippen LogP contribution in [0.25, 0.3) is 0 Å². The highest BCUT2D eigenvalue weighted by atomic mass is 19.3. The molecule has 0 spiro atoms. The van der Waals surface area contributed by atoms with Crippen LogP contribution in [-0.4, -0.2) is 18.0 Å². The Balaban J connectivity index is 1.57. The van der Waals surface area contributed by atoms with Gasteiger partial charge in [0.2, 0.25) is 5.92 Å². The summed E-state index contributed by atoms with van der Waals surface area (Å²) < 4.78 is 33.6. The number of hydrogen-bond donors (Lipinski definition) is 0. The van der Waals surface area contributed by atoms with Gasteiger partial charge >= 0.3 is 5.97 Å². The third kappa shape index (κ3) is 2.65. The molecule has 0 N–H and O–H groups in total. The first-order valence-electron chi connectivity index (χ1n) is 10.2. The van der Waals surface area contributed by atoms with Crippen molar-refractivity contribution in [1.29, 1.82) is 0 Å². The van der Waals surface area contributed by atoms with Gasteiger partial charge in [-0.05, 0) is 74.0 Å². The summed E-state index contributed by atoms with van der Waals surface area (Å²) in [6, 6.07) is 0. The monoisotopic (exact) mass is 354 g/mol. The van der Waals surface area contributed by atoms with Crippen LogP contribution in [0.5, 0.6) is 0 Å². The number of hydrogen-bond acceptors (Lipinski definition) is 2. The summed E-state index contributed by atoms with van der Waals surface area (Å²) in [6.07, 6.45) is 7.26. The lowest BCUT2D eigenvalue weighted by Crippen LogP contribution is -2.55. The van der Waals surface area contributed by atoms with E-state index in [-0.39, 0.29) is 41.7 Å². The fourth-order valence-electron chi connectivity index (χ4n) is 7.52. The van der Waals surface area contributed by atoms with Gasteiger partial charge in [0.15, 0.2) is 0 Å². The van der Waals surface area contributed by atoms with Crippen molar-refractivity contribution >= 4 is 5.97 Å². The van der Waals surface area contributed by atoms with E-state index in [0.29, 0.717) is 24.2 Å². The zero-order valence-corrected chi connectivity index (χ0v) is 15.8. The van der Waals surface area contributed by atoms with Gasteiger partial charge in [0, 0.05) is 25.2 Å². The van der Waals surface area contributed by atoms with Gasteiger partial charge in [0.1, 0.15) is 6.10 Å². The second-order valence-electron chi connectivity index (χ2n) is 9.94. The first-order valence-corrected chi connectivity index (χ1v) is 10.2. The normalized spacial score (nSPS) is 51.2. The van der Waals surface area contributed by atoms with Crippen LogP contribution in [0.2, 0.25) is 0 Å². The van der Waals surface area contributed by atoms with Crippen LogP contribution < -0.4 is 0 Å². The Morgan fingerprint density at radius 1 is 0.920 bits per heavy atom. The van der Waals surface area contributed by atoms with Crippen molar-refractivity contribution in [3.8, 4) is 0 Å². The Labute approximate surface area is 150 Å². The number of ether oxygens (including phenoxy) is 1. The third-order valence-electron chi connectivity index (χ3n) is 8.86. The van der Waals surface area contributed by atoms with Gasteiger partial charge in [-0.15, -0.1) is 0 Å². The SMILES string of the molecule is CC(=O)O[C@@H]1CC[C@H]2[C@H]3CC[C@H]4CC(F)(F)CC[C@]4(C)[C@H]3CC[C@]12C. The largest absolute Gasteiger partial charge is 0.462 e. The average Bonchev–Trinajstić information content (AvgIpc) is 2.84. The fourth-order valence-corrected chi connectivity index (χ4v) is 7.52. The summed E-state index contributed by atoms with van der Waals surface area (Å²) in [6.45, 7) is 6.14. The van der Waals surface area contributed by atoms with E-state index in [1.54, 1.807) is 0 Å². The highest BCUT2D eigenvalue weighted by Gasteiger charge is 2.62. The molecule has 142 valence electrons. The molecule has 4 aliphatic carbocycles. The van der Waals surface area contributed by atoms with Gasteiger partial charge < -0.3 is 4.74 Å². The van der Waals surface area contributed by atoms with E-state index in [4.69, 9.17) is 4.74 Å². The molecule has 0 saturated heterocycles. The summed E-state index contributed by atoms with van der Waals surface area (Å²) >= 11 is 0. The van der Waals surface area contributed by atoms with E-state index in [1.807, 2.05) is 0 Å². The summed E-state index contributed by atoms with van der Waals surface area (Å²) in [4.78, 5) is 11.5. The second kappa shape index (κ2) is 5.66. The van der Waals surface area contributed by atoms with Gasteiger partial charge in [-0.1, -0.05) is 13.8 Å². The smallest absolute Gasteiger partial charge is 0.302 e. The maximum atomic E-state index is 14.0. The van der Waals surface area contributed by atoms with E-state index in [0.717, 1.165) is 38.5 Å². The summed E-state index contributed by atoms with van der Waals surface area (Å²) in [7, 11) is 0. The van der Waals surface area contributed by atoms with Crippen molar-refractivity contribution < 1.29 is 18.3 Å². The van der Waals surface area contributed by atoms with Crippen LogP contribution in [-0.2, 0) is 9.53 Å². The number of fused-ring (bicyclic) bond motifs is 5. The molecule has 2 nitrogen and oxygen atoms in total. The van der Waals surface area contributed by atoms with Crippen molar-refractivity contribution in [2.45, 2.75) is 90.6 Å². The molecule has 0 aromatic rings. The Kier molecular flexibility index (Phi) is 4.01. The first-order chi connectivity index (χ1) is 11.7. The van der Waals surface area contributed by atoms with Crippen molar-refractivity contribution in [2.24, 2.45) is 34.5 Å². The Hall–Kier alpha value is -0.670. The lowest BCUT2D eigenvalue weighted by Gasteiger charge is -2.60. The number of halogens is 2. The van der Waals surface area contributed by atoms with Crippen molar-refractivity contribution in [3.05, 3.63) is 0 Å². The molecule has 4 saturated carbocycles. The van der Waals surface area contributed by atoms with Gasteiger partial charge in [0.25, 0.3) is 0 Å². The van der Waals surface area contributed by atoms with Gasteiger partial charge in [-0.25, -0.2) is 8.78 Å². The quantitative estimate of drug-likeness (QED) is 0.573. The van der Waals surface area contributed by atoms with E-state index in [2.05, 4.69) is 13.8 Å². The molecular formula is C21H32F2O2. The molecule has 4 aliphatic rings. The van der Waals surface area contributed by atoms with E-state index < -0.39 is 5.92 Å². The molecule has 4 fully saturated rings. The molecule has 0 unspecified atom stereocenters. The summed E-state index contributed by atoms with van der Waals surface area (Å²) in [5.41, 5.74) is 0.181. The van der Waals surface area contributed by atoms with E-state index in [1.165, 1.54) is 6.92 Å². The maximum Gasteiger partial charge on any atom is 0.302 e. The third-order valence-corrected chi connectivity index (χ3v) is 8.86. The van der Waals surface area contributed by atoms with Crippen LogP contribution in [0.1, 0.15) is 78.6 Å². The van der Waals surface area contributed by atoms with Crippen LogP contribution >= 0.6 is 0 Å². The minimum Gasteiger partial charge on any atom is -0.462 e. The Morgan fingerprint density at radius 3 is 2.36 bits per heavy atom. The van der Waals surface area contributed by atoms with Gasteiger partial charge in [-0.3, -0.25) is 4.79 Å². The number of esters is 1. The molecule has 0 radical (unpaired) electrons. The lowest BCUT2D eigenvalue weighted by atomic mass is 9.45. The van der Waals surface area contributed by atoms with Gasteiger partial charge in [0.05, 0.1) is 0 Å². The molecule has 0 bridgehead atoms. The van der Waals surface area contributed by atoms with E-state index >= 15 is 0 Å². The van der Waals surface area contributed by atoms with E-state index in [9.17, 15) is 13.6 Å². The zero-order chi connectivity index (χ0) is 18.0. The predicted octanol–water partition coefficient (Wildman–Crippen LogP) is 5.60. The zero-order valence-electron chi connectivity index (χ0n) is 15.8. The Morgan fingerprint density at radius 2 is 1.64 bits per heavy atom. The standard InChI is InChI=1S/C21H32F2O2/c1-13(24)25-18-7-6-16-15-5-4-14-12-21(22,23)11-10-19(14,2)17(15)8-9-20(16,18)3/h14-18H,4-12H2,1-3H3/t14-,15+,16-,17-,18+,19-,20-/m0/s1. The summed E-state index contributed by atoms with van der Waals surface area (Å²) in [5.74, 6) is -0.625. The highest BCUT2D eigenvalue weighted by molar-refractivity contribution is 5.66. The number of alkyl halides is 2. The van der Waals surface area contributed by atoms with Crippen molar-refractivity contribution in [3.63, 3.8) is 0 Å². The molecule has 0 aromatic heterocycles. The molecular weight excluding hydrogens is 322 g/mol. The maximum absolute atomic E-state index is 14.0. The predicted molar refractivity (Wildman–Crippen MR) is 92.2 cm³/mol. The second-order valence-corrected chi connectivity index (χ2v) is 9.94. The lowest BCUT2D eigenvalue weighted by molar-refractivity contribution is -0.174. The Bertz CT molecular complexity index is 562. The van der Waals surface area contributed by atoms with Crippen LogP contribution in [0.3, 0.4) is 0 Å². The molecule has 0 aliphatic heterocycles. The van der Waals surface area contributed by atoms with Crippen molar-refractivity contribution in [1.82, 2.24) is 0 Å². The molecule has 4 heteroatoms. The molecule has 7 atom stereocenters. The van der Waals surface area contributed by atoms with Crippen LogP contribution in [0, 0.1) is 34.5 Å². The minimum atomic E-state index is -2.45. The molecule has 4 rings (SSSR count). The van der Waals surface area contributed by atoms with Crippen molar-refractivity contribution in [2.75, 3.05) is 0 Å². The number of carbonyl (C=O) groups is 1. The molecule has 0 heterocycles. The number of rotatable bonds is 1. The van der Waals surface area contributed by atoms with Gasteiger partial charge in [-0.2, -0.15) is 0 Å².